The summed E-state index contributed by atoms with van der Waals surface area (Å²) in [5.74, 6) is -2.51. The van der Waals surface area contributed by atoms with Gasteiger partial charge in [-0.05, 0) is 20.8 Å². The summed E-state index contributed by atoms with van der Waals surface area (Å²) < 4.78 is 60.1. The van der Waals surface area contributed by atoms with E-state index in [4.69, 9.17) is 4.84 Å². The van der Waals surface area contributed by atoms with Crippen LogP contribution in [0.1, 0.15) is 32.1 Å². The van der Waals surface area contributed by atoms with Gasteiger partial charge in [0.15, 0.2) is 5.83 Å². The molecule has 0 saturated heterocycles. The van der Waals surface area contributed by atoms with Crippen molar-refractivity contribution in [2.45, 2.75) is 37.6 Å². The lowest BCUT2D eigenvalue weighted by atomic mass is 10.4. The molecule has 0 aliphatic rings. The Hall–Kier alpha value is -1.42. The van der Waals surface area contributed by atoms with Crippen LogP contribution in [0.4, 0.5) is 13.2 Å². The van der Waals surface area contributed by atoms with Gasteiger partial charge in [0, 0.05) is 12.6 Å². The van der Waals surface area contributed by atoms with Gasteiger partial charge in [0.25, 0.3) is 0 Å². The molecule has 0 atom stereocenters. The van der Waals surface area contributed by atoms with E-state index in [0.29, 0.717) is 10.6 Å². The largest absolute Gasteiger partial charge is 0.393 e. The molecule has 0 N–H and O–H groups in total. The number of sulfone groups is 1. The predicted octanol–water partition coefficient (Wildman–Crippen LogP) is 3.53. The summed E-state index contributed by atoms with van der Waals surface area (Å²) in [4.78, 5) is 9.23. The molecule has 0 unspecified atom stereocenters. The zero-order chi connectivity index (χ0) is 16.9. The average Bonchev–Trinajstić information content (AvgIpc) is 2.92. The standard InChI is InChI=1S/C12H15F3N2O3S2/c1-7(2)20-17-8(3)10-6-16-12(21-10)22(18,19)5-4-9(13)11(14)15/h6-7H,4-5H2,1-3H3/b17-8-. The molecular weight excluding hydrogens is 341 g/mol. The summed E-state index contributed by atoms with van der Waals surface area (Å²) in [5, 5.41) is 3.81. The van der Waals surface area contributed by atoms with Gasteiger partial charge in [-0.1, -0.05) is 5.16 Å². The first-order valence-corrected chi connectivity index (χ1v) is 8.69. The Balaban J connectivity index is 2.86. The van der Waals surface area contributed by atoms with Gasteiger partial charge in [-0.15, -0.1) is 11.3 Å². The number of aromatic nitrogens is 1. The van der Waals surface area contributed by atoms with Gasteiger partial charge in [0.1, 0.15) is 6.10 Å². The molecule has 1 aromatic heterocycles. The second-order valence-corrected chi connectivity index (χ2v) is 7.87. The highest BCUT2D eigenvalue weighted by Gasteiger charge is 2.21. The van der Waals surface area contributed by atoms with Gasteiger partial charge in [-0.25, -0.2) is 17.8 Å². The minimum absolute atomic E-state index is 0.128. The van der Waals surface area contributed by atoms with E-state index in [2.05, 4.69) is 10.1 Å². The van der Waals surface area contributed by atoms with E-state index in [9.17, 15) is 21.6 Å². The fraction of sp³-hybridized carbons (Fsp3) is 0.500. The molecule has 0 aliphatic heterocycles. The molecule has 0 radical (unpaired) electrons. The van der Waals surface area contributed by atoms with Crippen LogP contribution in [0.15, 0.2) is 27.6 Å². The molecule has 0 aromatic carbocycles. The normalized spacial score (nSPS) is 12.6. The molecule has 0 spiro atoms. The Bertz CT molecular complexity index is 678. The van der Waals surface area contributed by atoms with Crippen molar-refractivity contribution in [2.75, 3.05) is 5.75 Å². The fourth-order valence-corrected chi connectivity index (χ4v) is 3.65. The fourth-order valence-electron chi connectivity index (χ4n) is 1.20. The lowest BCUT2D eigenvalue weighted by Crippen LogP contribution is -2.06. The van der Waals surface area contributed by atoms with Crippen molar-refractivity contribution < 1.29 is 26.4 Å². The van der Waals surface area contributed by atoms with Gasteiger partial charge >= 0.3 is 6.08 Å². The molecule has 0 bridgehead atoms. The number of thiazole rings is 1. The maximum atomic E-state index is 12.7. The average molecular weight is 356 g/mol. The molecule has 0 saturated carbocycles. The molecule has 22 heavy (non-hydrogen) atoms. The van der Waals surface area contributed by atoms with E-state index in [1.165, 1.54) is 6.20 Å². The summed E-state index contributed by atoms with van der Waals surface area (Å²) in [6.45, 7) is 5.18. The molecule has 1 heterocycles. The van der Waals surface area contributed by atoms with Gasteiger partial charge in [0.05, 0.1) is 16.3 Å². The van der Waals surface area contributed by atoms with E-state index in [0.717, 1.165) is 11.3 Å². The maximum absolute atomic E-state index is 12.7. The van der Waals surface area contributed by atoms with Crippen LogP contribution in [0.3, 0.4) is 0 Å². The SMILES string of the molecule is C/C(=N/OC(C)C)c1cnc(S(=O)(=O)CCC(F)=C(F)F)s1. The number of hydrogen-bond acceptors (Lipinski definition) is 6. The summed E-state index contributed by atoms with van der Waals surface area (Å²) in [6.07, 6.45) is -2.23. The van der Waals surface area contributed by atoms with Crippen LogP contribution in [0.2, 0.25) is 0 Å². The van der Waals surface area contributed by atoms with Crippen molar-refractivity contribution in [3.05, 3.63) is 23.0 Å². The molecule has 0 amide bonds. The molecule has 10 heteroatoms. The van der Waals surface area contributed by atoms with Crippen molar-refractivity contribution in [1.82, 2.24) is 4.98 Å². The quantitative estimate of drug-likeness (QED) is 0.554. The predicted molar refractivity (Wildman–Crippen MR) is 77.6 cm³/mol. The summed E-state index contributed by atoms with van der Waals surface area (Å²) in [6, 6.07) is 0. The smallest absolute Gasteiger partial charge is 0.301 e. The Morgan fingerprint density at radius 3 is 2.59 bits per heavy atom. The second-order valence-electron chi connectivity index (χ2n) is 4.56. The Morgan fingerprint density at radius 1 is 1.41 bits per heavy atom. The lowest BCUT2D eigenvalue weighted by Gasteiger charge is -2.02. The molecule has 0 aliphatic carbocycles. The molecule has 1 aromatic rings. The van der Waals surface area contributed by atoms with Crippen LogP contribution in [0, 0.1) is 0 Å². The minimum atomic E-state index is -3.93. The first kappa shape index (κ1) is 18.6. The summed E-state index contributed by atoms with van der Waals surface area (Å²) in [7, 11) is -3.93. The van der Waals surface area contributed by atoms with E-state index >= 15 is 0 Å². The number of oxime groups is 1. The third-order valence-electron chi connectivity index (χ3n) is 2.30. The maximum Gasteiger partial charge on any atom is 0.301 e. The molecule has 124 valence electrons. The van der Waals surface area contributed by atoms with Crippen molar-refractivity contribution in [1.29, 1.82) is 0 Å². The number of hydrogen-bond donors (Lipinski definition) is 0. The first-order valence-electron chi connectivity index (χ1n) is 6.22. The summed E-state index contributed by atoms with van der Waals surface area (Å²) >= 11 is 0.824. The Kier molecular flexibility index (Phi) is 6.54. The van der Waals surface area contributed by atoms with Gasteiger partial charge in [0.2, 0.25) is 14.2 Å². The summed E-state index contributed by atoms with van der Waals surface area (Å²) in [5.41, 5.74) is 0.438. The molecule has 5 nitrogen and oxygen atoms in total. The van der Waals surface area contributed by atoms with E-state index < -0.39 is 33.9 Å². The Labute approximate surface area is 130 Å². The third kappa shape index (κ3) is 5.41. The van der Waals surface area contributed by atoms with Gasteiger partial charge in [-0.3, -0.25) is 0 Å². The van der Waals surface area contributed by atoms with Crippen molar-refractivity contribution >= 4 is 26.9 Å². The van der Waals surface area contributed by atoms with Gasteiger partial charge in [-0.2, -0.15) is 8.78 Å². The molecule has 1 rings (SSSR count). The van der Waals surface area contributed by atoms with Crippen LogP contribution in [-0.4, -0.2) is 31.0 Å². The van der Waals surface area contributed by atoms with Crippen LogP contribution in [0.25, 0.3) is 0 Å². The highest BCUT2D eigenvalue weighted by atomic mass is 32.2. The molecule has 0 fully saturated rings. The highest BCUT2D eigenvalue weighted by molar-refractivity contribution is 7.93. The first-order chi connectivity index (χ1) is 10.1. The number of halogens is 3. The zero-order valence-electron chi connectivity index (χ0n) is 12.1. The van der Waals surface area contributed by atoms with Crippen molar-refractivity contribution in [3.8, 4) is 0 Å². The van der Waals surface area contributed by atoms with Crippen LogP contribution in [0.5, 0.6) is 0 Å². The van der Waals surface area contributed by atoms with Gasteiger partial charge < -0.3 is 4.84 Å². The van der Waals surface area contributed by atoms with E-state index in [-0.39, 0.29) is 10.4 Å². The lowest BCUT2D eigenvalue weighted by molar-refractivity contribution is 0.0860. The second kappa shape index (κ2) is 7.73. The molecular formula is C12H15F3N2O3S2. The third-order valence-corrected chi connectivity index (χ3v) is 5.59. The number of allylic oxidation sites excluding steroid dienone is 1. The number of rotatable bonds is 7. The van der Waals surface area contributed by atoms with Crippen LogP contribution in [-0.2, 0) is 14.7 Å². The Morgan fingerprint density at radius 2 is 2.05 bits per heavy atom. The number of nitrogens with zero attached hydrogens (tertiary/aromatic N) is 2. The monoisotopic (exact) mass is 356 g/mol. The highest BCUT2D eigenvalue weighted by Crippen LogP contribution is 2.23. The zero-order valence-corrected chi connectivity index (χ0v) is 13.8. The van der Waals surface area contributed by atoms with E-state index in [1.807, 2.05) is 0 Å². The van der Waals surface area contributed by atoms with Crippen molar-refractivity contribution in [2.24, 2.45) is 5.16 Å². The van der Waals surface area contributed by atoms with Crippen LogP contribution < -0.4 is 0 Å². The van der Waals surface area contributed by atoms with E-state index in [1.54, 1.807) is 20.8 Å². The van der Waals surface area contributed by atoms with Crippen LogP contribution >= 0.6 is 11.3 Å². The minimum Gasteiger partial charge on any atom is -0.393 e. The topological polar surface area (TPSA) is 68.6 Å². The van der Waals surface area contributed by atoms with Crippen molar-refractivity contribution in [3.63, 3.8) is 0 Å².